The lowest BCUT2D eigenvalue weighted by Crippen LogP contribution is -3.12. The van der Waals surface area contributed by atoms with Gasteiger partial charge in [-0.15, -0.1) is 0 Å². The van der Waals surface area contributed by atoms with Crippen LogP contribution in [0.1, 0.15) is 0 Å². The molecule has 1 N–H and O–H groups in total. The maximum absolute atomic E-state index is 12.4. The predicted molar refractivity (Wildman–Crippen MR) is 69.6 cm³/mol. The van der Waals surface area contributed by atoms with Crippen molar-refractivity contribution >= 4 is 5.91 Å². The summed E-state index contributed by atoms with van der Waals surface area (Å²) in [5, 5.41) is 0. The Kier molecular flexibility index (Phi) is 3.29. The first-order valence-electron chi connectivity index (χ1n) is 6.72. The van der Waals surface area contributed by atoms with Gasteiger partial charge < -0.3 is 19.3 Å². The molecular formula is C14H19N2O3+. The molecule has 1 fully saturated rings. The minimum atomic E-state index is -0.506. The summed E-state index contributed by atoms with van der Waals surface area (Å²) in [6.45, 7) is 3.89. The maximum Gasteiger partial charge on any atom is 0.267 e. The summed E-state index contributed by atoms with van der Waals surface area (Å²) in [5.41, 5.74) is 0. The van der Waals surface area contributed by atoms with Crippen molar-refractivity contribution in [3.8, 4) is 11.5 Å². The van der Waals surface area contributed by atoms with Crippen LogP contribution in [0.5, 0.6) is 11.5 Å². The molecule has 0 bridgehead atoms. The van der Waals surface area contributed by atoms with Gasteiger partial charge in [-0.25, -0.2) is 0 Å². The fourth-order valence-corrected chi connectivity index (χ4v) is 2.45. The van der Waals surface area contributed by atoms with E-state index < -0.39 is 6.10 Å². The van der Waals surface area contributed by atoms with Crippen molar-refractivity contribution in [2.24, 2.45) is 0 Å². The molecule has 5 nitrogen and oxygen atoms in total. The van der Waals surface area contributed by atoms with Crippen molar-refractivity contribution in [2.75, 3.05) is 39.8 Å². The van der Waals surface area contributed by atoms with Crippen LogP contribution >= 0.6 is 0 Å². The quantitative estimate of drug-likeness (QED) is 0.720. The number of nitrogens with one attached hydrogen (secondary N) is 1. The number of fused-ring (bicyclic) bond motifs is 1. The largest absolute Gasteiger partial charge is 0.485 e. The second-order valence-electron chi connectivity index (χ2n) is 5.15. The second kappa shape index (κ2) is 5.09. The number of hydrogen-bond acceptors (Lipinski definition) is 3. The topological polar surface area (TPSA) is 43.2 Å². The van der Waals surface area contributed by atoms with Gasteiger partial charge in [-0.05, 0) is 12.1 Å². The third-order valence-corrected chi connectivity index (χ3v) is 3.71. The number of piperazine rings is 1. The van der Waals surface area contributed by atoms with Gasteiger partial charge >= 0.3 is 0 Å². The summed E-state index contributed by atoms with van der Waals surface area (Å²) in [5.74, 6) is 1.42. The molecule has 0 radical (unpaired) electrons. The highest BCUT2D eigenvalue weighted by molar-refractivity contribution is 5.82. The van der Waals surface area contributed by atoms with Crippen molar-refractivity contribution in [3.05, 3.63) is 24.3 Å². The average molecular weight is 263 g/mol. The van der Waals surface area contributed by atoms with E-state index in [9.17, 15) is 4.79 Å². The Morgan fingerprint density at radius 3 is 2.68 bits per heavy atom. The molecule has 1 atom stereocenters. The highest BCUT2D eigenvalue weighted by Crippen LogP contribution is 2.31. The van der Waals surface area contributed by atoms with Gasteiger partial charge in [0.25, 0.3) is 5.91 Å². The Bertz CT molecular complexity index is 470. The zero-order chi connectivity index (χ0) is 13.2. The predicted octanol–water partition coefficient (Wildman–Crippen LogP) is -0.817. The first-order valence-corrected chi connectivity index (χ1v) is 6.72. The molecule has 2 heterocycles. The summed E-state index contributed by atoms with van der Waals surface area (Å²) in [4.78, 5) is 15.7. The molecule has 0 aromatic heterocycles. The molecule has 19 heavy (non-hydrogen) atoms. The number of likely N-dealkylation sites (N-methyl/N-ethyl adjacent to an activating group) is 1. The molecule has 102 valence electrons. The summed E-state index contributed by atoms with van der Waals surface area (Å²) in [6, 6.07) is 7.47. The molecule has 0 aliphatic carbocycles. The van der Waals surface area contributed by atoms with Gasteiger partial charge in [0.15, 0.2) is 11.5 Å². The number of rotatable bonds is 1. The number of quaternary nitrogens is 1. The average Bonchev–Trinajstić information content (AvgIpc) is 2.47. The number of carbonyl (C=O) groups excluding carboxylic acids is 1. The Morgan fingerprint density at radius 2 is 1.95 bits per heavy atom. The van der Waals surface area contributed by atoms with E-state index in [1.165, 1.54) is 4.90 Å². The van der Waals surface area contributed by atoms with E-state index in [1.54, 1.807) is 0 Å². The third-order valence-electron chi connectivity index (χ3n) is 3.71. The lowest BCUT2D eigenvalue weighted by atomic mass is 10.2. The fourth-order valence-electron chi connectivity index (χ4n) is 2.45. The summed E-state index contributed by atoms with van der Waals surface area (Å²) >= 11 is 0. The first-order chi connectivity index (χ1) is 9.24. The Hall–Kier alpha value is -1.75. The van der Waals surface area contributed by atoms with Crippen molar-refractivity contribution in [1.82, 2.24) is 4.90 Å². The lowest BCUT2D eigenvalue weighted by Gasteiger charge is -2.34. The molecule has 1 aromatic carbocycles. The normalized spacial score (nSPS) is 23.2. The first kappa shape index (κ1) is 12.3. The molecule has 1 amide bonds. The zero-order valence-corrected chi connectivity index (χ0v) is 11.1. The minimum absolute atomic E-state index is 0.0435. The van der Waals surface area contributed by atoms with Gasteiger partial charge in [-0.2, -0.15) is 0 Å². The maximum atomic E-state index is 12.4. The number of nitrogens with zero attached hydrogens (tertiary/aromatic N) is 1. The molecular weight excluding hydrogens is 244 g/mol. The van der Waals surface area contributed by atoms with Crippen LogP contribution < -0.4 is 14.4 Å². The van der Waals surface area contributed by atoms with Crippen LogP contribution in [0.15, 0.2) is 24.3 Å². The van der Waals surface area contributed by atoms with Crippen molar-refractivity contribution in [3.63, 3.8) is 0 Å². The number of benzene rings is 1. The van der Waals surface area contributed by atoms with Gasteiger partial charge in [-0.1, -0.05) is 12.1 Å². The number of carbonyl (C=O) groups is 1. The van der Waals surface area contributed by atoms with Gasteiger partial charge in [0.05, 0.1) is 33.2 Å². The van der Waals surface area contributed by atoms with E-state index in [1.807, 2.05) is 29.2 Å². The van der Waals surface area contributed by atoms with Crippen molar-refractivity contribution in [2.45, 2.75) is 6.10 Å². The third kappa shape index (κ3) is 2.51. The Morgan fingerprint density at radius 1 is 1.26 bits per heavy atom. The number of hydrogen-bond donors (Lipinski definition) is 1. The van der Waals surface area contributed by atoms with Gasteiger partial charge in [0.2, 0.25) is 6.10 Å². The summed E-state index contributed by atoms with van der Waals surface area (Å²) in [7, 11) is 2.15. The highest BCUT2D eigenvalue weighted by Gasteiger charge is 2.32. The lowest BCUT2D eigenvalue weighted by molar-refractivity contribution is -0.883. The monoisotopic (exact) mass is 263 g/mol. The van der Waals surface area contributed by atoms with E-state index in [4.69, 9.17) is 9.47 Å². The molecule has 0 spiro atoms. The van der Waals surface area contributed by atoms with Crippen LogP contribution in [0.4, 0.5) is 0 Å². The smallest absolute Gasteiger partial charge is 0.267 e. The molecule has 2 aliphatic heterocycles. The fraction of sp³-hybridized carbons (Fsp3) is 0.500. The van der Waals surface area contributed by atoms with E-state index >= 15 is 0 Å². The SMILES string of the molecule is C[NH+]1CCN(C(=O)[C@H]2COc3ccccc3O2)CC1. The van der Waals surface area contributed by atoms with E-state index in [0.717, 1.165) is 31.9 Å². The van der Waals surface area contributed by atoms with E-state index in [-0.39, 0.29) is 5.91 Å². The molecule has 3 rings (SSSR count). The number of ether oxygens (including phenoxy) is 2. The van der Waals surface area contributed by atoms with Gasteiger partial charge in [0, 0.05) is 0 Å². The zero-order valence-electron chi connectivity index (χ0n) is 11.1. The second-order valence-corrected chi connectivity index (χ2v) is 5.15. The minimum Gasteiger partial charge on any atom is -0.485 e. The summed E-state index contributed by atoms with van der Waals surface area (Å²) < 4.78 is 11.3. The summed E-state index contributed by atoms with van der Waals surface area (Å²) in [6.07, 6.45) is -0.506. The number of amides is 1. The molecule has 2 aliphatic rings. The standard InChI is InChI=1S/C14H18N2O3/c1-15-6-8-16(9-7-15)14(17)13-10-18-11-4-2-3-5-12(11)19-13/h2-5,13H,6-10H2,1H3/p+1/t13-/m1/s1. The molecule has 0 unspecified atom stereocenters. The molecule has 1 saturated heterocycles. The highest BCUT2D eigenvalue weighted by atomic mass is 16.6. The molecule has 1 aromatic rings. The van der Waals surface area contributed by atoms with Crippen LogP contribution in [0.2, 0.25) is 0 Å². The van der Waals surface area contributed by atoms with E-state index in [2.05, 4.69) is 7.05 Å². The van der Waals surface area contributed by atoms with Gasteiger partial charge in [0.1, 0.15) is 6.61 Å². The molecule has 5 heteroatoms. The van der Waals surface area contributed by atoms with E-state index in [0.29, 0.717) is 12.4 Å². The van der Waals surface area contributed by atoms with Crippen LogP contribution in [0, 0.1) is 0 Å². The van der Waals surface area contributed by atoms with Crippen LogP contribution in [-0.2, 0) is 4.79 Å². The molecule has 0 saturated carbocycles. The van der Waals surface area contributed by atoms with Crippen LogP contribution in [0.25, 0.3) is 0 Å². The number of para-hydroxylation sites is 2. The Balaban J connectivity index is 1.66. The van der Waals surface area contributed by atoms with Gasteiger partial charge in [-0.3, -0.25) is 4.79 Å². The van der Waals surface area contributed by atoms with Crippen molar-refractivity contribution < 1.29 is 19.2 Å². The van der Waals surface area contributed by atoms with Crippen LogP contribution in [0.3, 0.4) is 0 Å². The van der Waals surface area contributed by atoms with Crippen molar-refractivity contribution in [1.29, 1.82) is 0 Å². The van der Waals surface area contributed by atoms with Crippen LogP contribution in [-0.4, -0.2) is 56.7 Å². The Labute approximate surface area is 112 Å².